The molecular formula is C19H19N2OS2+. The van der Waals surface area contributed by atoms with Gasteiger partial charge in [0.2, 0.25) is 5.52 Å². The molecule has 0 bridgehead atoms. The molecule has 0 saturated heterocycles. The van der Waals surface area contributed by atoms with E-state index in [0.717, 1.165) is 0 Å². The van der Waals surface area contributed by atoms with Crippen LogP contribution in [0.4, 0.5) is 5.69 Å². The normalized spacial score (nSPS) is 15.5. The van der Waals surface area contributed by atoms with E-state index in [9.17, 15) is 5.11 Å². The first-order valence-corrected chi connectivity index (χ1v) is 9.57. The SMILES string of the molecule is Cc1ccc2c(c1)N(CCO)C(=Cc1sc3ccccc3[n+]1C)S2. The van der Waals surface area contributed by atoms with Crippen molar-refractivity contribution in [2.24, 2.45) is 7.05 Å². The molecule has 0 radical (unpaired) electrons. The van der Waals surface area contributed by atoms with Crippen molar-refractivity contribution in [3.63, 3.8) is 0 Å². The molecule has 1 N–H and O–H groups in total. The van der Waals surface area contributed by atoms with Crippen LogP contribution in [0.1, 0.15) is 10.6 Å². The number of hydrogen-bond donors (Lipinski definition) is 1. The fraction of sp³-hybridized carbons (Fsp3) is 0.211. The van der Waals surface area contributed by atoms with Gasteiger partial charge >= 0.3 is 0 Å². The first kappa shape index (κ1) is 15.7. The Hall–Kier alpha value is -1.82. The van der Waals surface area contributed by atoms with E-state index in [2.05, 4.69) is 72.0 Å². The molecule has 0 fully saturated rings. The van der Waals surface area contributed by atoms with Gasteiger partial charge in [-0.2, -0.15) is 4.57 Å². The summed E-state index contributed by atoms with van der Waals surface area (Å²) < 4.78 is 3.52. The van der Waals surface area contributed by atoms with Crippen molar-refractivity contribution in [2.75, 3.05) is 18.1 Å². The maximum Gasteiger partial charge on any atom is 0.265 e. The van der Waals surface area contributed by atoms with Crippen LogP contribution in [0.5, 0.6) is 0 Å². The molecule has 0 amide bonds. The molecule has 0 saturated carbocycles. The van der Waals surface area contributed by atoms with Crippen molar-refractivity contribution >= 4 is 45.1 Å². The molecule has 0 spiro atoms. The molecule has 0 atom stereocenters. The van der Waals surface area contributed by atoms with Crippen molar-refractivity contribution in [1.29, 1.82) is 0 Å². The zero-order valence-corrected chi connectivity index (χ0v) is 15.3. The van der Waals surface area contributed by atoms with Crippen LogP contribution >= 0.6 is 23.1 Å². The van der Waals surface area contributed by atoms with Gasteiger partial charge in [-0.15, -0.1) is 0 Å². The second-order valence-corrected chi connectivity index (χ2v) is 8.02. The second-order valence-electron chi connectivity index (χ2n) is 5.90. The highest BCUT2D eigenvalue weighted by Gasteiger charge is 2.26. The quantitative estimate of drug-likeness (QED) is 0.721. The fourth-order valence-corrected chi connectivity index (χ4v) is 5.27. The minimum atomic E-state index is 0.143. The second kappa shape index (κ2) is 6.24. The average molecular weight is 356 g/mol. The number of aryl methyl sites for hydroxylation is 2. The predicted molar refractivity (Wildman–Crippen MR) is 102 cm³/mol. The molecular weight excluding hydrogens is 336 g/mol. The predicted octanol–water partition coefficient (Wildman–Crippen LogP) is 3.94. The number of para-hydroxylation sites is 1. The number of rotatable bonds is 3. The molecule has 5 heteroatoms. The number of anilines is 1. The molecule has 3 nitrogen and oxygen atoms in total. The van der Waals surface area contributed by atoms with E-state index in [1.54, 1.807) is 23.1 Å². The highest BCUT2D eigenvalue weighted by Crippen LogP contribution is 2.47. The number of hydrogen-bond acceptors (Lipinski definition) is 4. The summed E-state index contributed by atoms with van der Waals surface area (Å²) in [6.07, 6.45) is 2.24. The van der Waals surface area contributed by atoms with Gasteiger partial charge in [-0.05, 0) is 30.7 Å². The van der Waals surface area contributed by atoms with E-state index >= 15 is 0 Å². The Morgan fingerprint density at radius 2 is 2.04 bits per heavy atom. The summed E-state index contributed by atoms with van der Waals surface area (Å²) in [5.41, 5.74) is 3.69. The first-order chi connectivity index (χ1) is 11.7. The van der Waals surface area contributed by atoms with Crippen LogP contribution in [0, 0.1) is 6.92 Å². The number of β-amino-alcohol motifs (C(OH)–C–C–N with tert-alkyl or cyclic N) is 1. The van der Waals surface area contributed by atoms with Crippen LogP contribution < -0.4 is 9.47 Å². The van der Waals surface area contributed by atoms with Gasteiger partial charge in [0.25, 0.3) is 5.01 Å². The lowest BCUT2D eigenvalue weighted by molar-refractivity contribution is -0.642. The van der Waals surface area contributed by atoms with Gasteiger partial charge in [-0.25, -0.2) is 0 Å². The third-order valence-electron chi connectivity index (χ3n) is 4.23. The number of thiazole rings is 1. The fourth-order valence-electron chi connectivity index (χ4n) is 3.00. The third-order valence-corrected chi connectivity index (χ3v) is 6.51. The minimum absolute atomic E-state index is 0.143. The molecule has 0 unspecified atom stereocenters. The molecule has 1 aliphatic rings. The van der Waals surface area contributed by atoms with Crippen molar-refractivity contribution in [2.45, 2.75) is 11.8 Å². The Kier molecular flexibility index (Phi) is 4.08. The number of fused-ring (bicyclic) bond motifs is 2. The molecule has 122 valence electrons. The standard InChI is InChI=1S/C19H19N2OS2/c1-13-7-8-17-15(11-13)21(9-10-22)19(24-17)12-18-20(2)14-5-3-4-6-16(14)23-18/h3-8,11-12,22H,9-10H2,1-2H3/q+1. The lowest BCUT2D eigenvalue weighted by Crippen LogP contribution is -2.29. The maximum atomic E-state index is 9.49. The van der Waals surface area contributed by atoms with E-state index in [1.165, 1.54) is 36.4 Å². The number of nitrogens with zero attached hydrogens (tertiary/aromatic N) is 2. The highest BCUT2D eigenvalue weighted by molar-refractivity contribution is 8.03. The molecule has 3 aromatic rings. The number of aliphatic hydroxyl groups excluding tert-OH is 1. The number of thioether (sulfide) groups is 1. The Morgan fingerprint density at radius 1 is 1.21 bits per heavy atom. The number of aliphatic hydroxyl groups is 1. The van der Waals surface area contributed by atoms with Gasteiger partial charge in [0.1, 0.15) is 11.7 Å². The van der Waals surface area contributed by atoms with Crippen molar-refractivity contribution in [3.05, 3.63) is 58.1 Å². The van der Waals surface area contributed by atoms with Crippen LogP contribution in [0.2, 0.25) is 0 Å². The highest BCUT2D eigenvalue weighted by atomic mass is 32.2. The van der Waals surface area contributed by atoms with Crippen LogP contribution in [-0.2, 0) is 7.05 Å². The smallest absolute Gasteiger partial charge is 0.265 e. The zero-order valence-electron chi connectivity index (χ0n) is 13.7. The van der Waals surface area contributed by atoms with Crippen molar-refractivity contribution < 1.29 is 9.67 Å². The summed E-state index contributed by atoms with van der Waals surface area (Å²) in [7, 11) is 2.11. The molecule has 0 aliphatic carbocycles. The lowest BCUT2D eigenvalue weighted by Gasteiger charge is -2.18. The summed E-state index contributed by atoms with van der Waals surface area (Å²) in [4.78, 5) is 3.47. The monoisotopic (exact) mass is 355 g/mol. The topological polar surface area (TPSA) is 27.3 Å². The summed E-state index contributed by atoms with van der Waals surface area (Å²) in [6.45, 7) is 2.86. The first-order valence-electron chi connectivity index (χ1n) is 7.93. The van der Waals surface area contributed by atoms with Gasteiger partial charge in [-0.3, -0.25) is 0 Å². The van der Waals surface area contributed by atoms with E-state index in [4.69, 9.17) is 0 Å². The van der Waals surface area contributed by atoms with Gasteiger partial charge in [0, 0.05) is 17.5 Å². The van der Waals surface area contributed by atoms with Crippen LogP contribution in [0.3, 0.4) is 0 Å². The third kappa shape index (κ3) is 2.62. The Bertz CT molecular complexity index is 946. The summed E-state index contributed by atoms with van der Waals surface area (Å²) >= 11 is 3.57. The van der Waals surface area contributed by atoms with Crippen molar-refractivity contribution in [1.82, 2.24) is 0 Å². The van der Waals surface area contributed by atoms with Gasteiger partial charge in [0.15, 0.2) is 0 Å². The van der Waals surface area contributed by atoms with Crippen molar-refractivity contribution in [3.8, 4) is 0 Å². The summed E-state index contributed by atoms with van der Waals surface area (Å²) in [5.74, 6) is 0. The largest absolute Gasteiger partial charge is 0.395 e. The Morgan fingerprint density at radius 3 is 2.83 bits per heavy atom. The lowest BCUT2D eigenvalue weighted by atomic mass is 10.2. The average Bonchev–Trinajstić information content (AvgIpc) is 3.07. The zero-order chi connectivity index (χ0) is 16.7. The van der Waals surface area contributed by atoms with Crippen LogP contribution in [0.15, 0.2) is 52.4 Å². The maximum absolute atomic E-state index is 9.49. The molecule has 4 rings (SSSR count). The van der Waals surface area contributed by atoms with E-state index < -0.39 is 0 Å². The van der Waals surface area contributed by atoms with Gasteiger partial charge in [0.05, 0.1) is 23.4 Å². The van der Waals surface area contributed by atoms with Gasteiger partial charge in [-0.1, -0.05) is 41.3 Å². The molecule has 2 aromatic carbocycles. The van der Waals surface area contributed by atoms with E-state index in [0.29, 0.717) is 6.54 Å². The molecule has 2 heterocycles. The van der Waals surface area contributed by atoms with Crippen LogP contribution in [-0.4, -0.2) is 18.3 Å². The molecule has 24 heavy (non-hydrogen) atoms. The molecule has 1 aromatic heterocycles. The number of benzene rings is 2. The summed E-state index contributed by atoms with van der Waals surface area (Å²) in [5, 5.41) is 11.9. The van der Waals surface area contributed by atoms with Crippen LogP contribution in [0.25, 0.3) is 16.3 Å². The summed E-state index contributed by atoms with van der Waals surface area (Å²) in [6, 6.07) is 15.0. The number of aromatic nitrogens is 1. The van der Waals surface area contributed by atoms with E-state index in [-0.39, 0.29) is 6.61 Å². The Balaban J connectivity index is 1.79. The molecule has 1 aliphatic heterocycles. The van der Waals surface area contributed by atoms with Gasteiger partial charge < -0.3 is 10.0 Å². The minimum Gasteiger partial charge on any atom is -0.395 e. The van der Waals surface area contributed by atoms with E-state index in [1.807, 2.05) is 0 Å². The Labute approximate surface area is 149 Å².